The van der Waals surface area contributed by atoms with Gasteiger partial charge in [0, 0.05) is 25.1 Å². The Labute approximate surface area is 161 Å². The summed E-state index contributed by atoms with van der Waals surface area (Å²) < 4.78 is 0. The standard InChI is InChI=1S/C22H27N3O2/c1-24(2)16-20(18-9-4-3-5-10-18)23-22(27)19-11-6-8-17(14-19)15-25-13-7-12-21(25)26/h3-6,8-11,14,20H,7,12-13,15-16H2,1-2H3,(H,23,27)/p+1/t20-/m1/s1. The van der Waals surface area contributed by atoms with Crippen LogP contribution in [0.4, 0.5) is 0 Å². The van der Waals surface area contributed by atoms with Gasteiger partial charge in [-0.15, -0.1) is 0 Å². The lowest BCUT2D eigenvalue weighted by Crippen LogP contribution is -3.06. The third-order valence-corrected chi connectivity index (χ3v) is 4.85. The lowest BCUT2D eigenvalue weighted by atomic mass is 10.0. The minimum atomic E-state index is -0.0836. The van der Waals surface area contributed by atoms with Crippen molar-refractivity contribution in [2.45, 2.75) is 25.4 Å². The molecule has 0 bridgehead atoms. The van der Waals surface area contributed by atoms with Crippen molar-refractivity contribution in [3.63, 3.8) is 0 Å². The average molecular weight is 366 g/mol. The summed E-state index contributed by atoms with van der Waals surface area (Å²) in [5, 5.41) is 3.17. The molecule has 0 radical (unpaired) electrons. The van der Waals surface area contributed by atoms with Crippen LogP contribution in [0.2, 0.25) is 0 Å². The van der Waals surface area contributed by atoms with E-state index in [2.05, 4.69) is 19.4 Å². The van der Waals surface area contributed by atoms with Gasteiger partial charge in [-0.1, -0.05) is 42.5 Å². The van der Waals surface area contributed by atoms with E-state index < -0.39 is 0 Å². The van der Waals surface area contributed by atoms with Gasteiger partial charge in [0.05, 0.1) is 14.1 Å². The summed E-state index contributed by atoms with van der Waals surface area (Å²) in [5.41, 5.74) is 2.73. The van der Waals surface area contributed by atoms with Crippen molar-refractivity contribution >= 4 is 11.8 Å². The number of nitrogens with one attached hydrogen (secondary N) is 2. The second kappa shape index (κ2) is 8.82. The SMILES string of the molecule is C[NH+](C)C[C@@H](NC(=O)c1cccc(CN2CCCC2=O)c1)c1ccccc1. The maximum atomic E-state index is 12.9. The Hall–Kier alpha value is -2.66. The van der Waals surface area contributed by atoms with Crippen molar-refractivity contribution in [2.24, 2.45) is 0 Å². The number of hydrogen-bond acceptors (Lipinski definition) is 2. The van der Waals surface area contributed by atoms with Crippen LogP contribution < -0.4 is 10.2 Å². The van der Waals surface area contributed by atoms with Crippen LogP contribution in [0.15, 0.2) is 54.6 Å². The van der Waals surface area contributed by atoms with E-state index in [-0.39, 0.29) is 17.9 Å². The molecule has 1 aliphatic rings. The molecule has 5 heteroatoms. The molecule has 0 aliphatic carbocycles. The maximum Gasteiger partial charge on any atom is 0.251 e. The fourth-order valence-corrected chi connectivity index (χ4v) is 3.49. The zero-order valence-electron chi connectivity index (χ0n) is 16.1. The Bertz CT molecular complexity index is 789. The second-order valence-corrected chi connectivity index (χ2v) is 7.47. The van der Waals surface area contributed by atoms with Crippen molar-refractivity contribution in [3.05, 3.63) is 71.3 Å². The lowest BCUT2D eigenvalue weighted by Gasteiger charge is -2.21. The summed E-state index contributed by atoms with van der Waals surface area (Å²) in [5.74, 6) is 0.114. The molecule has 0 spiro atoms. The van der Waals surface area contributed by atoms with Gasteiger partial charge in [0.15, 0.2) is 0 Å². The molecule has 27 heavy (non-hydrogen) atoms. The second-order valence-electron chi connectivity index (χ2n) is 7.47. The molecule has 2 aromatic rings. The van der Waals surface area contributed by atoms with Crippen LogP contribution >= 0.6 is 0 Å². The number of quaternary nitrogens is 1. The summed E-state index contributed by atoms with van der Waals surface area (Å²) in [6.07, 6.45) is 1.55. The van der Waals surface area contributed by atoms with Crippen molar-refractivity contribution in [1.82, 2.24) is 10.2 Å². The number of nitrogens with zero attached hydrogens (tertiary/aromatic N) is 1. The molecule has 3 rings (SSSR count). The van der Waals surface area contributed by atoms with Crippen molar-refractivity contribution < 1.29 is 14.5 Å². The Morgan fingerprint density at radius 3 is 2.59 bits per heavy atom. The van der Waals surface area contributed by atoms with E-state index in [1.54, 1.807) is 0 Å². The third-order valence-electron chi connectivity index (χ3n) is 4.85. The highest BCUT2D eigenvalue weighted by molar-refractivity contribution is 5.94. The monoisotopic (exact) mass is 366 g/mol. The molecule has 0 unspecified atom stereocenters. The molecule has 1 saturated heterocycles. The fourth-order valence-electron chi connectivity index (χ4n) is 3.49. The Morgan fingerprint density at radius 1 is 1.15 bits per heavy atom. The van der Waals surface area contributed by atoms with E-state index in [0.29, 0.717) is 18.5 Å². The summed E-state index contributed by atoms with van der Waals surface area (Å²) in [4.78, 5) is 27.8. The van der Waals surface area contributed by atoms with Crippen molar-refractivity contribution in [3.8, 4) is 0 Å². The number of likely N-dealkylation sites (tertiary alicyclic amines) is 1. The Balaban J connectivity index is 1.72. The van der Waals surface area contributed by atoms with Gasteiger partial charge in [-0.05, 0) is 29.7 Å². The van der Waals surface area contributed by atoms with E-state index in [9.17, 15) is 9.59 Å². The van der Waals surface area contributed by atoms with Crippen LogP contribution in [-0.2, 0) is 11.3 Å². The smallest absolute Gasteiger partial charge is 0.251 e. The van der Waals surface area contributed by atoms with Crippen LogP contribution in [0.1, 0.15) is 40.4 Å². The number of carbonyl (C=O) groups is 2. The molecule has 2 N–H and O–H groups in total. The highest BCUT2D eigenvalue weighted by Gasteiger charge is 2.21. The topological polar surface area (TPSA) is 53.9 Å². The Kier molecular flexibility index (Phi) is 6.24. The van der Waals surface area contributed by atoms with Crippen LogP contribution in [0.5, 0.6) is 0 Å². The van der Waals surface area contributed by atoms with Crippen LogP contribution in [0, 0.1) is 0 Å². The fraction of sp³-hybridized carbons (Fsp3) is 0.364. The Morgan fingerprint density at radius 2 is 1.93 bits per heavy atom. The first-order chi connectivity index (χ1) is 13.0. The maximum absolute atomic E-state index is 12.9. The molecule has 0 aromatic heterocycles. The van der Waals surface area contributed by atoms with Crippen molar-refractivity contribution in [2.75, 3.05) is 27.2 Å². The van der Waals surface area contributed by atoms with Crippen LogP contribution in [0.3, 0.4) is 0 Å². The molecule has 1 heterocycles. The largest absolute Gasteiger partial charge is 0.340 e. The van der Waals surface area contributed by atoms with Crippen LogP contribution in [-0.4, -0.2) is 43.9 Å². The van der Waals surface area contributed by atoms with Gasteiger partial charge in [0.25, 0.3) is 5.91 Å². The number of benzene rings is 2. The van der Waals surface area contributed by atoms with Gasteiger partial charge >= 0.3 is 0 Å². The summed E-state index contributed by atoms with van der Waals surface area (Å²) >= 11 is 0. The van der Waals surface area contributed by atoms with Gasteiger partial charge in [-0.2, -0.15) is 0 Å². The van der Waals surface area contributed by atoms with E-state index >= 15 is 0 Å². The predicted molar refractivity (Wildman–Crippen MR) is 105 cm³/mol. The van der Waals surface area contributed by atoms with E-state index in [4.69, 9.17) is 0 Å². The first kappa shape index (κ1) is 19.1. The lowest BCUT2D eigenvalue weighted by molar-refractivity contribution is -0.860. The predicted octanol–water partition coefficient (Wildman–Crippen LogP) is 1.42. The normalized spacial score (nSPS) is 15.2. The van der Waals surface area contributed by atoms with E-state index in [1.165, 1.54) is 4.90 Å². The molecule has 0 saturated carbocycles. The highest BCUT2D eigenvalue weighted by atomic mass is 16.2. The molecule has 1 fully saturated rings. The molecule has 2 amide bonds. The van der Waals surface area contributed by atoms with Crippen molar-refractivity contribution in [1.29, 1.82) is 0 Å². The number of hydrogen-bond donors (Lipinski definition) is 2. The summed E-state index contributed by atoms with van der Waals surface area (Å²) in [6.45, 7) is 2.18. The number of amides is 2. The summed E-state index contributed by atoms with van der Waals surface area (Å²) in [6, 6.07) is 17.6. The molecule has 142 valence electrons. The van der Waals surface area contributed by atoms with Gasteiger partial charge in [0.2, 0.25) is 5.91 Å². The molecular formula is C22H28N3O2+. The molecule has 2 aromatic carbocycles. The first-order valence-electron chi connectivity index (χ1n) is 9.54. The molecule has 5 nitrogen and oxygen atoms in total. The zero-order chi connectivity index (χ0) is 19.2. The average Bonchev–Trinajstić information content (AvgIpc) is 3.06. The minimum Gasteiger partial charge on any atom is -0.340 e. The number of carbonyl (C=O) groups excluding carboxylic acids is 2. The van der Waals surface area contributed by atoms with Gasteiger partial charge in [-0.3, -0.25) is 9.59 Å². The van der Waals surface area contributed by atoms with Crippen LogP contribution in [0.25, 0.3) is 0 Å². The molecule has 1 atom stereocenters. The highest BCUT2D eigenvalue weighted by Crippen LogP contribution is 2.16. The number of rotatable bonds is 7. The minimum absolute atomic E-state index is 0.0486. The van der Waals surface area contributed by atoms with Gasteiger partial charge < -0.3 is 15.1 Å². The van der Waals surface area contributed by atoms with E-state index in [1.807, 2.05) is 59.5 Å². The van der Waals surface area contributed by atoms with Gasteiger partial charge in [-0.25, -0.2) is 0 Å². The molecule has 1 aliphatic heterocycles. The molecular weight excluding hydrogens is 338 g/mol. The quantitative estimate of drug-likeness (QED) is 0.779. The third kappa shape index (κ3) is 5.17. The summed E-state index contributed by atoms with van der Waals surface area (Å²) in [7, 11) is 4.16. The number of likely N-dealkylation sites (N-methyl/N-ethyl adjacent to an activating group) is 1. The van der Waals surface area contributed by atoms with E-state index in [0.717, 1.165) is 30.6 Å². The first-order valence-corrected chi connectivity index (χ1v) is 9.54. The van der Waals surface area contributed by atoms with Gasteiger partial charge in [0.1, 0.15) is 12.6 Å². The zero-order valence-corrected chi connectivity index (χ0v) is 16.1.